The average Bonchev–Trinajstić information content (AvgIpc) is 2.60. The van der Waals surface area contributed by atoms with E-state index in [2.05, 4.69) is 27.1 Å². The lowest BCUT2D eigenvalue weighted by Gasteiger charge is -2.05. The van der Waals surface area contributed by atoms with Gasteiger partial charge in [0.15, 0.2) is 0 Å². The van der Waals surface area contributed by atoms with Gasteiger partial charge in [0.05, 0.1) is 28.3 Å². The Labute approximate surface area is 113 Å². The Hall–Kier alpha value is -1.31. The minimum atomic E-state index is 0.292. The first-order valence-electron chi connectivity index (χ1n) is 4.99. The van der Waals surface area contributed by atoms with Crippen molar-refractivity contribution in [3.8, 4) is 11.8 Å². The van der Waals surface area contributed by atoms with E-state index in [0.717, 1.165) is 21.4 Å². The quantitative estimate of drug-likeness (QED) is 0.849. The second-order valence-electron chi connectivity index (χ2n) is 3.63. The predicted molar refractivity (Wildman–Crippen MR) is 70.3 cm³/mol. The minimum absolute atomic E-state index is 0.292. The van der Waals surface area contributed by atoms with Crippen LogP contribution in [0.5, 0.6) is 0 Å². The first-order valence-corrected chi connectivity index (χ1v) is 6.16. The van der Waals surface area contributed by atoms with Gasteiger partial charge in [-0.2, -0.15) is 10.4 Å². The molecular formula is C12H9BrClN3. The smallest absolute Gasteiger partial charge is 0.0911 e. The summed E-state index contributed by atoms with van der Waals surface area (Å²) in [5.74, 6) is 0. The summed E-state index contributed by atoms with van der Waals surface area (Å²) in [6, 6.07) is 7.70. The van der Waals surface area contributed by atoms with E-state index in [1.807, 2.05) is 31.3 Å². The Morgan fingerprint density at radius 3 is 2.94 bits per heavy atom. The number of aromatic nitrogens is 2. The highest BCUT2D eigenvalue weighted by atomic mass is 79.9. The number of rotatable bonds is 2. The molecule has 0 aliphatic heterocycles. The van der Waals surface area contributed by atoms with Gasteiger partial charge < -0.3 is 0 Å². The Bertz CT molecular complexity index is 598. The lowest BCUT2D eigenvalue weighted by Crippen LogP contribution is -1.98. The maximum absolute atomic E-state index is 8.68. The number of aryl methyl sites for hydroxylation is 1. The van der Waals surface area contributed by atoms with Gasteiger partial charge in [0.2, 0.25) is 0 Å². The Morgan fingerprint density at radius 2 is 2.29 bits per heavy atom. The van der Waals surface area contributed by atoms with E-state index in [1.165, 1.54) is 0 Å². The Morgan fingerprint density at radius 1 is 1.53 bits per heavy atom. The predicted octanol–water partition coefficient (Wildman–Crippen LogP) is 3.66. The molecule has 5 heteroatoms. The summed E-state index contributed by atoms with van der Waals surface area (Å²) in [7, 11) is 0. The monoisotopic (exact) mass is 309 g/mol. The van der Waals surface area contributed by atoms with Gasteiger partial charge in [-0.1, -0.05) is 11.6 Å². The van der Waals surface area contributed by atoms with E-state index in [9.17, 15) is 0 Å². The molecule has 0 N–H and O–H groups in total. The maximum Gasteiger partial charge on any atom is 0.0911 e. The minimum Gasteiger partial charge on any atom is -0.239 e. The van der Waals surface area contributed by atoms with Gasteiger partial charge in [-0.15, -0.1) is 0 Å². The zero-order valence-corrected chi connectivity index (χ0v) is 11.5. The summed E-state index contributed by atoms with van der Waals surface area (Å²) < 4.78 is 2.59. The van der Waals surface area contributed by atoms with Crippen molar-refractivity contribution >= 4 is 27.5 Å². The molecule has 1 heterocycles. The van der Waals surface area contributed by atoms with Crippen LogP contribution in [0.1, 0.15) is 11.3 Å². The van der Waals surface area contributed by atoms with Crippen LogP contribution in [0.25, 0.3) is 5.69 Å². The molecular weight excluding hydrogens is 302 g/mol. The Kier molecular flexibility index (Phi) is 3.51. The molecule has 0 spiro atoms. The summed E-state index contributed by atoms with van der Waals surface area (Å²) >= 11 is 9.30. The number of halogens is 2. The highest BCUT2D eigenvalue weighted by Crippen LogP contribution is 2.22. The zero-order valence-electron chi connectivity index (χ0n) is 9.11. The van der Waals surface area contributed by atoms with E-state index in [4.69, 9.17) is 16.9 Å². The standard InChI is InChI=1S/C12H9BrClN3/c1-8-6-9(14)2-3-12(8)17-7-10(13)11(16-17)4-5-15/h2-3,6-7H,4H2,1H3. The van der Waals surface area contributed by atoms with Crippen molar-refractivity contribution in [2.45, 2.75) is 13.3 Å². The van der Waals surface area contributed by atoms with Crippen LogP contribution < -0.4 is 0 Å². The van der Waals surface area contributed by atoms with Crippen LogP contribution in [0.2, 0.25) is 5.02 Å². The zero-order chi connectivity index (χ0) is 12.4. The molecule has 0 unspecified atom stereocenters. The number of benzene rings is 1. The summed E-state index contributed by atoms with van der Waals surface area (Å²) in [6.07, 6.45) is 2.14. The molecule has 0 atom stereocenters. The summed E-state index contributed by atoms with van der Waals surface area (Å²) in [4.78, 5) is 0. The highest BCUT2D eigenvalue weighted by molar-refractivity contribution is 9.10. The van der Waals surface area contributed by atoms with Crippen LogP contribution in [0.15, 0.2) is 28.9 Å². The molecule has 0 saturated heterocycles. The van der Waals surface area contributed by atoms with Crippen molar-refractivity contribution in [3.63, 3.8) is 0 Å². The molecule has 0 radical (unpaired) electrons. The molecule has 1 aromatic heterocycles. The summed E-state index contributed by atoms with van der Waals surface area (Å²) in [6.45, 7) is 1.97. The molecule has 0 aliphatic carbocycles. The largest absolute Gasteiger partial charge is 0.239 e. The SMILES string of the molecule is Cc1cc(Cl)ccc1-n1cc(Br)c(CC#N)n1. The number of hydrogen-bond donors (Lipinski definition) is 0. The van der Waals surface area contributed by atoms with E-state index >= 15 is 0 Å². The van der Waals surface area contributed by atoms with Crippen molar-refractivity contribution in [1.82, 2.24) is 9.78 Å². The third-order valence-corrected chi connectivity index (χ3v) is 3.29. The molecule has 0 amide bonds. The van der Waals surface area contributed by atoms with Crippen molar-refractivity contribution < 1.29 is 0 Å². The Balaban J connectivity index is 2.47. The summed E-state index contributed by atoms with van der Waals surface area (Å²) in [5.41, 5.74) is 2.73. The van der Waals surface area contributed by atoms with E-state index in [1.54, 1.807) is 4.68 Å². The molecule has 86 valence electrons. The first-order chi connectivity index (χ1) is 8.11. The van der Waals surface area contributed by atoms with Crippen LogP contribution in [-0.4, -0.2) is 9.78 Å². The van der Waals surface area contributed by atoms with Crippen molar-refractivity contribution in [2.75, 3.05) is 0 Å². The second kappa shape index (κ2) is 4.91. The van der Waals surface area contributed by atoms with Crippen molar-refractivity contribution in [2.24, 2.45) is 0 Å². The highest BCUT2D eigenvalue weighted by Gasteiger charge is 2.09. The number of nitriles is 1. The van der Waals surface area contributed by atoms with Crippen LogP contribution in [-0.2, 0) is 6.42 Å². The second-order valence-corrected chi connectivity index (χ2v) is 4.92. The fourth-order valence-electron chi connectivity index (χ4n) is 1.58. The van der Waals surface area contributed by atoms with Gasteiger partial charge in [-0.25, -0.2) is 4.68 Å². The van der Waals surface area contributed by atoms with E-state index in [0.29, 0.717) is 11.4 Å². The van der Waals surface area contributed by atoms with Gasteiger partial charge in [-0.3, -0.25) is 0 Å². The molecule has 17 heavy (non-hydrogen) atoms. The van der Waals surface area contributed by atoms with Gasteiger partial charge in [-0.05, 0) is 46.6 Å². The molecule has 3 nitrogen and oxygen atoms in total. The van der Waals surface area contributed by atoms with Gasteiger partial charge in [0, 0.05) is 11.2 Å². The lowest BCUT2D eigenvalue weighted by atomic mass is 10.2. The van der Waals surface area contributed by atoms with Gasteiger partial charge in [0.1, 0.15) is 0 Å². The topological polar surface area (TPSA) is 41.6 Å². The van der Waals surface area contributed by atoms with Crippen LogP contribution in [0.3, 0.4) is 0 Å². The molecule has 2 aromatic rings. The maximum atomic E-state index is 8.68. The van der Waals surface area contributed by atoms with E-state index < -0.39 is 0 Å². The third-order valence-electron chi connectivity index (χ3n) is 2.39. The lowest BCUT2D eigenvalue weighted by molar-refractivity contribution is 0.847. The van der Waals surface area contributed by atoms with Crippen molar-refractivity contribution in [3.05, 3.63) is 45.1 Å². The van der Waals surface area contributed by atoms with Gasteiger partial charge >= 0.3 is 0 Å². The number of nitrogens with zero attached hydrogens (tertiary/aromatic N) is 3. The van der Waals surface area contributed by atoms with Crippen LogP contribution >= 0.6 is 27.5 Å². The fraction of sp³-hybridized carbons (Fsp3) is 0.167. The van der Waals surface area contributed by atoms with Crippen LogP contribution in [0.4, 0.5) is 0 Å². The van der Waals surface area contributed by atoms with Gasteiger partial charge in [0.25, 0.3) is 0 Å². The normalized spacial score (nSPS) is 10.2. The third kappa shape index (κ3) is 2.51. The van der Waals surface area contributed by atoms with Crippen LogP contribution in [0, 0.1) is 18.3 Å². The fourth-order valence-corrected chi connectivity index (χ4v) is 2.22. The first kappa shape index (κ1) is 12.2. The summed E-state index contributed by atoms with van der Waals surface area (Å²) in [5, 5.41) is 13.7. The molecule has 0 saturated carbocycles. The molecule has 0 aliphatic rings. The molecule has 1 aromatic carbocycles. The molecule has 0 bridgehead atoms. The number of hydrogen-bond acceptors (Lipinski definition) is 2. The molecule has 0 fully saturated rings. The van der Waals surface area contributed by atoms with E-state index in [-0.39, 0.29) is 0 Å². The van der Waals surface area contributed by atoms with Crippen molar-refractivity contribution in [1.29, 1.82) is 5.26 Å². The molecule has 2 rings (SSSR count). The average molecular weight is 311 g/mol.